The fourth-order valence-corrected chi connectivity index (χ4v) is 9.35. The summed E-state index contributed by atoms with van der Waals surface area (Å²) in [6.07, 6.45) is -1.30. The van der Waals surface area contributed by atoms with Gasteiger partial charge >= 0.3 is 5.97 Å². The maximum absolute atomic E-state index is 14.1. The van der Waals surface area contributed by atoms with Crippen LogP contribution in [-0.4, -0.2) is 67.0 Å². The first kappa shape index (κ1) is 29.4. The van der Waals surface area contributed by atoms with E-state index >= 15 is 0 Å². The standard InChI is InChI=1S/C30H46O8/c1-15(25(36)37)10-16(31)13-29(6,38)20-12-22(35)30(7)24-17(32)11-19-26(2,3)21(34)8-9-27(19,4)23(24)18(33)14-28(20,30)5/h15-17,19-21,31-32,34,38H,8-14H2,1-7H3,(H,36,37)/t15?,16-,17+,19?,20?,21+,27+,28-,29+,30+/m1/s1. The number of carbonyl (C=O) groups excluding carboxylic acids is 2. The Kier molecular flexibility index (Phi) is 6.92. The third kappa shape index (κ3) is 3.88. The zero-order valence-corrected chi connectivity index (χ0v) is 23.9. The second-order valence-corrected chi connectivity index (χ2v) is 14.4. The molecule has 8 heteroatoms. The van der Waals surface area contributed by atoms with Crippen molar-refractivity contribution in [1.29, 1.82) is 0 Å². The molecule has 214 valence electrons. The van der Waals surface area contributed by atoms with Gasteiger partial charge in [-0.25, -0.2) is 0 Å². The summed E-state index contributed by atoms with van der Waals surface area (Å²) in [6.45, 7) is 12.7. The van der Waals surface area contributed by atoms with E-state index < -0.39 is 63.4 Å². The quantitative estimate of drug-likeness (QED) is 0.349. The Morgan fingerprint density at radius 1 is 1.13 bits per heavy atom. The SMILES string of the molecule is CC(C[C@@H](O)C[C@](C)(O)C1CC(=O)[C@@]2(C)C3=C(C(=O)C[C@]12C)[C@@]1(C)CC[C@H](O)C(C)(C)C1C[C@@H]3O)C(=O)O. The van der Waals surface area contributed by atoms with E-state index in [1.54, 1.807) is 6.92 Å². The molecule has 2 fully saturated rings. The van der Waals surface area contributed by atoms with Crippen molar-refractivity contribution in [2.45, 2.75) is 117 Å². The zero-order valence-electron chi connectivity index (χ0n) is 23.9. The van der Waals surface area contributed by atoms with Crippen LogP contribution in [0.3, 0.4) is 0 Å². The molecule has 0 radical (unpaired) electrons. The number of ketones is 2. The summed E-state index contributed by atoms with van der Waals surface area (Å²) in [6, 6.07) is 0. The monoisotopic (exact) mass is 534 g/mol. The van der Waals surface area contributed by atoms with Gasteiger partial charge in [-0.2, -0.15) is 0 Å². The molecule has 0 spiro atoms. The van der Waals surface area contributed by atoms with Crippen molar-refractivity contribution in [1.82, 2.24) is 0 Å². The van der Waals surface area contributed by atoms with Crippen molar-refractivity contribution in [2.24, 2.45) is 39.4 Å². The molecule has 4 aliphatic carbocycles. The maximum Gasteiger partial charge on any atom is 0.306 e. The van der Waals surface area contributed by atoms with Gasteiger partial charge in [0.05, 0.1) is 35.2 Å². The topological polar surface area (TPSA) is 152 Å². The molecule has 5 N–H and O–H groups in total. The minimum Gasteiger partial charge on any atom is -0.481 e. The van der Waals surface area contributed by atoms with Crippen molar-refractivity contribution in [3.05, 3.63) is 11.1 Å². The highest BCUT2D eigenvalue weighted by Gasteiger charge is 2.71. The van der Waals surface area contributed by atoms with E-state index in [2.05, 4.69) is 0 Å². The minimum atomic E-state index is -1.54. The van der Waals surface area contributed by atoms with Crippen LogP contribution >= 0.6 is 0 Å². The van der Waals surface area contributed by atoms with Crippen LogP contribution in [-0.2, 0) is 14.4 Å². The Morgan fingerprint density at radius 2 is 1.74 bits per heavy atom. The lowest BCUT2D eigenvalue weighted by molar-refractivity contribution is -0.148. The molecule has 3 unspecified atom stereocenters. The fraction of sp³-hybridized carbons (Fsp3) is 0.833. The Hall–Kier alpha value is -1.61. The van der Waals surface area contributed by atoms with Crippen molar-refractivity contribution >= 4 is 17.5 Å². The van der Waals surface area contributed by atoms with Gasteiger partial charge in [0.1, 0.15) is 5.78 Å². The number of allylic oxidation sites excluding steroid dienone is 1. The third-order valence-electron chi connectivity index (χ3n) is 11.7. The molecule has 2 saturated carbocycles. The van der Waals surface area contributed by atoms with E-state index in [9.17, 15) is 39.9 Å². The second-order valence-electron chi connectivity index (χ2n) is 14.4. The molecule has 0 aromatic heterocycles. The van der Waals surface area contributed by atoms with Gasteiger partial charge in [-0.3, -0.25) is 14.4 Å². The second kappa shape index (κ2) is 8.95. The van der Waals surface area contributed by atoms with E-state index in [1.807, 2.05) is 34.6 Å². The highest BCUT2D eigenvalue weighted by atomic mass is 16.4. The highest BCUT2D eigenvalue weighted by molar-refractivity contribution is 6.05. The molecule has 0 aromatic rings. The van der Waals surface area contributed by atoms with Crippen LogP contribution in [0.4, 0.5) is 0 Å². The molecule has 0 bridgehead atoms. The fourth-order valence-electron chi connectivity index (χ4n) is 9.35. The molecule has 0 aromatic carbocycles. The molecule has 4 aliphatic rings. The molecule has 0 heterocycles. The number of aliphatic carboxylic acids is 1. The highest BCUT2D eigenvalue weighted by Crippen LogP contribution is 2.71. The van der Waals surface area contributed by atoms with Crippen molar-refractivity contribution in [3.8, 4) is 0 Å². The lowest BCUT2D eigenvalue weighted by atomic mass is 9.42. The predicted octanol–water partition coefficient (Wildman–Crippen LogP) is 3.04. The van der Waals surface area contributed by atoms with Crippen LogP contribution in [0.5, 0.6) is 0 Å². The summed E-state index contributed by atoms with van der Waals surface area (Å²) in [4.78, 5) is 39.3. The van der Waals surface area contributed by atoms with Gasteiger partial charge in [-0.1, -0.05) is 34.6 Å². The van der Waals surface area contributed by atoms with Crippen molar-refractivity contribution in [3.63, 3.8) is 0 Å². The smallest absolute Gasteiger partial charge is 0.306 e. The minimum absolute atomic E-state index is 0.00232. The van der Waals surface area contributed by atoms with Crippen LogP contribution in [0.25, 0.3) is 0 Å². The normalized spacial score (nSPS) is 43.6. The van der Waals surface area contributed by atoms with E-state index in [4.69, 9.17) is 0 Å². The zero-order chi connectivity index (χ0) is 28.8. The summed E-state index contributed by atoms with van der Waals surface area (Å²) in [5.74, 6) is -2.87. The first-order valence-corrected chi connectivity index (χ1v) is 14.1. The summed E-state index contributed by atoms with van der Waals surface area (Å²) >= 11 is 0. The van der Waals surface area contributed by atoms with Gasteiger partial charge in [0.25, 0.3) is 0 Å². The van der Waals surface area contributed by atoms with Gasteiger partial charge < -0.3 is 25.5 Å². The van der Waals surface area contributed by atoms with Crippen LogP contribution in [0.15, 0.2) is 11.1 Å². The van der Waals surface area contributed by atoms with Crippen LogP contribution < -0.4 is 0 Å². The van der Waals surface area contributed by atoms with Gasteiger partial charge in [0.15, 0.2) is 5.78 Å². The number of fused-ring (bicyclic) bond motifs is 4. The summed E-state index contributed by atoms with van der Waals surface area (Å²) in [5, 5.41) is 54.0. The van der Waals surface area contributed by atoms with Crippen LogP contribution in [0.1, 0.15) is 93.4 Å². The molecular weight excluding hydrogens is 488 g/mol. The molecule has 0 aliphatic heterocycles. The number of hydrogen-bond acceptors (Lipinski definition) is 7. The van der Waals surface area contributed by atoms with Gasteiger partial charge in [-0.15, -0.1) is 0 Å². The van der Waals surface area contributed by atoms with E-state index in [0.29, 0.717) is 30.4 Å². The lowest BCUT2D eigenvalue weighted by Gasteiger charge is -2.62. The maximum atomic E-state index is 14.1. The molecule has 38 heavy (non-hydrogen) atoms. The number of aliphatic hydroxyl groups is 4. The Bertz CT molecular complexity index is 1070. The Labute approximate surface area is 225 Å². The molecular formula is C30H46O8. The average molecular weight is 535 g/mol. The predicted molar refractivity (Wildman–Crippen MR) is 140 cm³/mol. The summed E-state index contributed by atoms with van der Waals surface area (Å²) in [7, 11) is 0. The van der Waals surface area contributed by atoms with Crippen molar-refractivity contribution in [2.75, 3.05) is 0 Å². The molecule has 8 nitrogen and oxygen atoms in total. The van der Waals surface area contributed by atoms with Gasteiger partial charge in [0.2, 0.25) is 0 Å². The molecule has 0 amide bonds. The molecule has 4 rings (SSSR count). The summed E-state index contributed by atoms with van der Waals surface area (Å²) in [5.41, 5.74) is -3.75. The molecule has 10 atom stereocenters. The van der Waals surface area contributed by atoms with Gasteiger partial charge in [0, 0.05) is 30.8 Å². The van der Waals surface area contributed by atoms with Crippen LogP contribution in [0, 0.1) is 39.4 Å². The number of aliphatic hydroxyl groups excluding tert-OH is 3. The summed E-state index contributed by atoms with van der Waals surface area (Å²) < 4.78 is 0. The van der Waals surface area contributed by atoms with E-state index in [-0.39, 0.29) is 43.2 Å². The number of carbonyl (C=O) groups is 3. The third-order valence-corrected chi connectivity index (χ3v) is 11.7. The van der Waals surface area contributed by atoms with Gasteiger partial charge in [-0.05, 0) is 67.3 Å². The number of carboxylic acids is 1. The van der Waals surface area contributed by atoms with E-state index in [0.717, 1.165) is 0 Å². The van der Waals surface area contributed by atoms with Crippen LogP contribution in [0.2, 0.25) is 0 Å². The number of carboxylic acid groups (broad SMARTS) is 1. The first-order valence-electron chi connectivity index (χ1n) is 14.1. The number of rotatable bonds is 6. The first-order chi connectivity index (χ1) is 17.2. The lowest BCUT2D eigenvalue weighted by Crippen LogP contribution is -2.61. The number of hydrogen-bond donors (Lipinski definition) is 5. The van der Waals surface area contributed by atoms with E-state index in [1.165, 1.54) is 6.92 Å². The largest absolute Gasteiger partial charge is 0.481 e. The average Bonchev–Trinajstić information content (AvgIpc) is 2.99. The Balaban J connectivity index is 1.78. The van der Waals surface area contributed by atoms with Crippen molar-refractivity contribution < 1.29 is 39.9 Å². The number of Topliss-reactive ketones (excluding diaryl/α,β-unsaturated/α-hetero) is 2. The Morgan fingerprint density at radius 3 is 2.32 bits per heavy atom. The molecule has 0 saturated heterocycles.